The standard InChI is InChI=1S/C11H17NO/c1-8-4-5-11(9(2)6-8)13-10(3)7-12/h4-6,10H,7,12H2,1-3H3. The first kappa shape index (κ1) is 10.1. The molecule has 0 saturated carbocycles. The van der Waals surface area contributed by atoms with Crippen molar-refractivity contribution in [1.82, 2.24) is 0 Å². The van der Waals surface area contributed by atoms with E-state index in [4.69, 9.17) is 10.5 Å². The van der Waals surface area contributed by atoms with Gasteiger partial charge in [-0.2, -0.15) is 0 Å². The molecule has 0 saturated heterocycles. The van der Waals surface area contributed by atoms with E-state index >= 15 is 0 Å². The minimum atomic E-state index is 0.0846. The number of nitrogens with two attached hydrogens (primary N) is 1. The lowest BCUT2D eigenvalue weighted by Gasteiger charge is -2.14. The summed E-state index contributed by atoms with van der Waals surface area (Å²) < 4.78 is 5.62. The lowest BCUT2D eigenvalue weighted by atomic mass is 10.1. The highest BCUT2D eigenvalue weighted by Gasteiger charge is 2.03. The molecule has 0 heterocycles. The summed E-state index contributed by atoms with van der Waals surface area (Å²) in [6, 6.07) is 6.15. The maximum atomic E-state index is 5.62. The van der Waals surface area contributed by atoms with E-state index in [1.165, 1.54) is 11.1 Å². The van der Waals surface area contributed by atoms with Gasteiger partial charge in [0.2, 0.25) is 0 Å². The summed E-state index contributed by atoms with van der Waals surface area (Å²) in [6.45, 7) is 6.64. The van der Waals surface area contributed by atoms with Gasteiger partial charge in [-0.15, -0.1) is 0 Å². The molecule has 0 aromatic heterocycles. The SMILES string of the molecule is Cc1ccc(OC(C)CN)c(C)c1. The summed E-state index contributed by atoms with van der Waals surface area (Å²) in [5.74, 6) is 0.934. The van der Waals surface area contributed by atoms with E-state index in [2.05, 4.69) is 13.0 Å². The van der Waals surface area contributed by atoms with Crippen LogP contribution in [0, 0.1) is 13.8 Å². The molecule has 0 aliphatic carbocycles. The minimum absolute atomic E-state index is 0.0846. The fraction of sp³-hybridized carbons (Fsp3) is 0.455. The summed E-state index contributed by atoms with van der Waals surface area (Å²) in [4.78, 5) is 0. The van der Waals surface area contributed by atoms with Crippen molar-refractivity contribution >= 4 is 0 Å². The Morgan fingerprint density at radius 1 is 1.38 bits per heavy atom. The van der Waals surface area contributed by atoms with E-state index in [1.54, 1.807) is 0 Å². The number of hydrogen-bond donors (Lipinski definition) is 1. The van der Waals surface area contributed by atoms with Crippen LogP contribution in [0.3, 0.4) is 0 Å². The Bertz CT molecular complexity index is 283. The molecule has 1 unspecified atom stereocenters. The molecule has 2 nitrogen and oxygen atoms in total. The quantitative estimate of drug-likeness (QED) is 0.770. The summed E-state index contributed by atoms with van der Waals surface area (Å²) in [7, 11) is 0. The molecule has 2 N–H and O–H groups in total. The van der Waals surface area contributed by atoms with Crippen molar-refractivity contribution in [3.63, 3.8) is 0 Å². The van der Waals surface area contributed by atoms with Crippen molar-refractivity contribution in [2.24, 2.45) is 5.73 Å². The summed E-state index contributed by atoms with van der Waals surface area (Å²) in [5, 5.41) is 0. The highest BCUT2D eigenvalue weighted by atomic mass is 16.5. The molecular formula is C11H17NO. The lowest BCUT2D eigenvalue weighted by Crippen LogP contribution is -2.23. The normalized spacial score (nSPS) is 12.6. The highest BCUT2D eigenvalue weighted by molar-refractivity contribution is 5.35. The van der Waals surface area contributed by atoms with Gasteiger partial charge in [0.05, 0.1) is 0 Å². The second-order valence-electron chi connectivity index (χ2n) is 3.43. The Labute approximate surface area is 79.7 Å². The number of benzene rings is 1. The third-order valence-electron chi connectivity index (χ3n) is 1.99. The number of aryl methyl sites for hydroxylation is 2. The Hall–Kier alpha value is -1.02. The molecule has 2 heteroatoms. The van der Waals surface area contributed by atoms with Gasteiger partial charge in [0.25, 0.3) is 0 Å². The number of rotatable bonds is 3. The second-order valence-corrected chi connectivity index (χ2v) is 3.43. The average Bonchev–Trinajstić information content (AvgIpc) is 2.09. The molecule has 0 amide bonds. The molecule has 1 aromatic carbocycles. The van der Waals surface area contributed by atoms with Crippen LogP contribution in [0.15, 0.2) is 18.2 Å². The Morgan fingerprint density at radius 2 is 2.08 bits per heavy atom. The van der Waals surface area contributed by atoms with Crippen LogP contribution in [0.4, 0.5) is 0 Å². The van der Waals surface area contributed by atoms with Crippen LogP contribution < -0.4 is 10.5 Å². The first-order valence-electron chi connectivity index (χ1n) is 4.57. The lowest BCUT2D eigenvalue weighted by molar-refractivity contribution is 0.228. The molecule has 0 aliphatic heterocycles. The average molecular weight is 179 g/mol. The van der Waals surface area contributed by atoms with Crippen LogP contribution in [0.1, 0.15) is 18.1 Å². The third-order valence-corrected chi connectivity index (χ3v) is 1.99. The van der Waals surface area contributed by atoms with Crippen LogP contribution in [-0.4, -0.2) is 12.6 Å². The van der Waals surface area contributed by atoms with E-state index in [9.17, 15) is 0 Å². The van der Waals surface area contributed by atoms with Gasteiger partial charge < -0.3 is 10.5 Å². The summed E-state index contributed by atoms with van der Waals surface area (Å²) in [5.41, 5.74) is 7.90. The maximum absolute atomic E-state index is 5.62. The van der Waals surface area contributed by atoms with Crippen molar-refractivity contribution in [3.8, 4) is 5.75 Å². The number of hydrogen-bond acceptors (Lipinski definition) is 2. The highest BCUT2D eigenvalue weighted by Crippen LogP contribution is 2.19. The van der Waals surface area contributed by atoms with Crippen molar-refractivity contribution in [3.05, 3.63) is 29.3 Å². The molecular weight excluding hydrogens is 162 g/mol. The predicted octanol–water partition coefficient (Wildman–Crippen LogP) is 2.03. The first-order chi connectivity index (χ1) is 6.13. The van der Waals surface area contributed by atoms with E-state index in [0.29, 0.717) is 6.54 Å². The molecule has 0 fully saturated rings. The smallest absolute Gasteiger partial charge is 0.122 e. The Balaban J connectivity index is 2.77. The van der Waals surface area contributed by atoms with Gasteiger partial charge in [-0.3, -0.25) is 0 Å². The summed E-state index contributed by atoms with van der Waals surface area (Å²) >= 11 is 0. The Morgan fingerprint density at radius 3 is 2.62 bits per heavy atom. The van der Waals surface area contributed by atoms with Gasteiger partial charge in [0, 0.05) is 6.54 Å². The van der Waals surface area contributed by atoms with Gasteiger partial charge in [-0.25, -0.2) is 0 Å². The first-order valence-corrected chi connectivity index (χ1v) is 4.57. The monoisotopic (exact) mass is 179 g/mol. The molecule has 0 bridgehead atoms. The van der Waals surface area contributed by atoms with Crippen LogP contribution in [0.2, 0.25) is 0 Å². The van der Waals surface area contributed by atoms with Gasteiger partial charge in [0.15, 0.2) is 0 Å². The maximum Gasteiger partial charge on any atom is 0.122 e. The van der Waals surface area contributed by atoms with E-state index < -0.39 is 0 Å². The van der Waals surface area contributed by atoms with Gasteiger partial charge in [-0.05, 0) is 32.4 Å². The minimum Gasteiger partial charge on any atom is -0.489 e. The fourth-order valence-electron chi connectivity index (χ4n) is 1.20. The predicted molar refractivity (Wildman–Crippen MR) is 55.1 cm³/mol. The van der Waals surface area contributed by atoms with Crippen molar-refractivity contribution < 1.29 is 4.74 Å². The second kappa shape index (κ2) is 4.28. The van der Waals surface area contributed by atoms with E-state index in [-0.39, 0.29) is 6.10 Å². The molecule has 1 aromatic rings. The van der Waals surface area contributed by atoms with Crippen molar-refractivity contribution in [1.29, 1.82) is 0 Å². The van der Waals surface area contributed by atoms with E-state index in [1.807, 2.05) is 26.0 Å². The van der Waals surface area contributed by atoms with Gasteiger partial charge in [-0.1, -0.05) is 17.7 Å². The van der Waals surface area contributed by atoms with Crippen LogP contribution >= 0.6 is 0 Å². The summed E-state index contributed by atoms with van der Waals surface area (Å²) in [6.07, 6.45) is 0.0846. The Kier molecular flexibility index (Phi) is 3.32. The zero-order chi connectivity index (χ0) is 9.84. The number of ether oxygens (including phenoxy) is 1. The van der Waals surface area contributed by atoms with Gasteiger partial charge >= 0.3 is 0 Å². The molecule has 1 atom stereocenters. The van der Waals surface area contributed by atoms with Crippen molar-refractivity contribution in [2.75, 3.05) is 6.54 Å². The van der Waals surface area contributed by atoms with Crippen LogP contribution in [0.5, 0.6) is 5.75 Å². The molecule has 72 valence electrons. The van der Waals surface area contributed by atoms with Crippen LogP contribution in [0.25, 0.3) is 0 Å². The molecule has 1 rings (SSSR count). The molecule has 0 radical (unpaired) electrons. The zero-order valence-electron chi connectivity index (χ0n) is 8.50. The topological polar surface area (TPSA) is 35.2 Å². The molecule has 0 aliphatic rings. The third kappa shape index (κ3) is 2.74. The zero-order valence-corrected chi connectivity index (χ0v) is 8.50. The van der Waals surface area contributed by atoms with Crippen molar-refractivity contribution in [2.45, 2.75) is 26.9 Å². The fourth-order valence-corrected chi connectivity index (χ4v) is 1.20. The molecule has 13 heavy (non-hydrogen) atoms. The van der Waals surface area contributed by atoms with Gasteiger partial charge in [0.1, 0.15) is 11.9 Å². The molecule has 0 spiro atoms. The largest absolute Gasteiger partial charge is 0.489 e. The van der Waals surface area contributed by atoms with Crippen LogP contribution in [-0.2, 0) is 0 Å². The van der Waals surface area contributed by atoms with E-state index in [0.717, 1.165) is 5.75 Å².